The summed E-state index contributed by atoms with van der Waals surface area (Å²) >= 11 is 0. The first-order chi connectivity index (χ1) is 13.8. The van der Waals surface area contributed by atoms with Crippen LogP contribution in [0.15, 0.2) is 59.7 Å². The minimum atomic E-state index is 0. The Morgan fingerprint density at radius 3 is 2.48 bits per heavy atom. The molecule has 0 radical (unpaired) electrons. The van der Waals surface area contributed by atoms with Gasteiger partial charge in [-0.1, -0.05) is 18.2 Å². The molecule has 0 aliphatic heterocycles. The molecule has 7 heteroatoms. The molecule has 29 heavy (non-hydrogen) atoms. The zero-order valence-corrected chi connectivity index (χ0v) is 19.2. The molecular weight excluding hydrogens is 479 g/mol. The number of hydrogen-bond acceptors (Lipinski definition) is 3. The molecular formula is C22H29IN4O2. The van der Waals surface area contributed by atoms with Crippen molar-refractivity contribution in [3.8, 4) is 11.5 Å². The van der Waals surface area contributed by atoms with Crippen molar-refractivity contribution < 1.29 is 9.47 Å². The maximum atomic E-state index is 5.71. The summed E-state index contributed by atoms with van der Waals surface area (Å²) in [6, 6.07) is 16.0. The number of methoxy groups -OCH3 is 1. The van der Waals surface area contributed by atoms with Gasteiger partial charge in [0.2, 0.25) is 0 Å². The topological polar surface area (TPSA) is 70.7 Å². The molecule has 0 saturated carbocycles. The minimum Gasteiger partial charge on any atom is -0.497 e. The lowest BCUT2D eigenvalue weighted by Crippen LogP contribution is -2.39. The van der Waals surface area contributed by atoms with Crippen molar-refractivity contribution in [1.82, 2.24) is 15.6 Å². The van der Waals surface area contributed by atoms with Crippen molar-refractivity contribution in [2.24, 2.45) is 4.99 Å². The highest BCUT2D eigenvalue weighted by Gasteiger charge is 2.03. The van der Waals surface area contributed by atoms with Crippen molar-refractivity contribution >= 4 is 40.8 Å². The highest BCUT2D eigenvalue weighted by molar-refractivity contribution is 14.0. The molecule has 1 aromatic heterocycles. The Bertz CT molecular complexity index is 893. The van der Waals surface area contributed by atoms with E-state index in [0.717, 1.165) is 36.8 Å². The summed E-state index contributed by atoms with van der Waals surface area (Å²) in [5.41, 5.74) is 2.55. The van der Waals surface area contributed by atoms with Gasteiger partial charge in [0.15, 0.2) is 5.96 Å². The molecule has 3 N–H and O–H groups in total. The van der Waals surface area contributed by atoms with Crippen LogP contribution >= 0.6 is 24.0 Å². The van der Waals surface area contributed by atoms with Gasteiger partial charge in [-0.3, -0.25) is 4.99 Å². The summed E-state index contributed by atoms with van der Waals surface area (Å²) in [5.74, 6) is 2.43. The standard InChI is InChI=1S/C22H28N4O2.HI/c1-23-22(25-14-15-28-19-11-9-18(27-2)10-12-19)24-13-5-6-17-16-26-21-8-4-3-7-20(17)21;/h3-4,7-12,16,26H,5-6,13-15H2,1-2H3,(H2,23,24,25);1H. The van der Waals surface area contributed by atoms with E-state index in [0.29, 0.717) is 13.2 Å². The Morgan fingerprint density at radius 2 is 1.72 bits per heavy atom. The number of guanidine groups is 1. The van der Waals surface area contributed by atoms with Crippen LogP contribution in [0.25, 0.3) is 10.9 Å². The van der Waals surface area contributed by atoms with Gasteiger partial charge in [0.05, 0.1) is 13.7 Å². The predicted molar refractivity (Wildman–Crippen MR) is 130 cm³/mol. The van der Waals surface area contributed by atoms with E-state index in [4.69, 9.17) is 9.47 Å². The van der Waals surface area contributed by atoms with Crippen LogP contribution in [0, 0.1) is 0 Å². The first-order valence-corrected chi connectivity index (χ1v) is 9.56. The van der Waals surface area contributed by atoms with Crippen molar-refractivity contribution in [3.63, 3.8) is 0 Å². The minimum absolute atomic E-state index is 0. The number of ether oxygens (including phenoxy) is 2. The number of H-pyrrole nitrogens is 1. The maximum absolute atomic E-state index is 5.71. The summed E-state index contributed by atoms with van der Waals surface area (Å²) in [6.45, 7) is 2.09. The zero-order chi connectivity index (χ0) is 19.6. The molecule has 0 fully saturated rings. The van der Waals surface area contributed by atoms with E-state index in [1.165, 1.54) is 16.5 Å². The SMILES string of the molecule is CN=C(NCCCc1c[nH]c2ccccc12)NCCOc1ccc(OC)cc1.I. The van der Waals surface area contributed by atoms with Crippen LogP contribution in [0.4, 0.5) is 0 Å². The van der Waals surface area contributed by atoms with E-state index in [1.54, 1.807) is 14.2 Å². The van der Waals surface area contributed by atoms with E-state index >= 15 is 0 Å². The monoisotopic (exact) mass is 508 g/mol. The second-order valence-electron chi connectivity index (χ2n) is 6.41. The first kappa shape index (κ1) is 22.9. The second kappa shape index (κ2) is 12.2. The van der Waals surface area contributed by atoms with Crippen molar-refractivity contribution in [2.75, 3.05) is 33.9 Å². The summed E-state index contributed by atoms with van der Waals surface area (Å²) in [5, 5.41) is 7.92. The van der Waals surface area contributed by atoms with Crippen LogP contribution in [0.5, 0.6) is 11.5 Å². The molecule has 6 nitrogen and oxygen atoms in total. The summed E-state index contributed by atoms with van der Waals surface area (Å²) in [6.07, 6.45) is 4.16. The number of nitrogens with zero attached hydrogens (tertiary/aromatic N) is 1. The number of para-hydroxylation sites is 1. The Kier molecular flexibility index (Phi) is 9.63. The summed E-state index contributed by atoms with van der Waals surface area (Å²) in [7, 11) is 3.43. The number of rotatable bonds is 9. The van der Waals surface area contributed by atoms with Crippen molar-refractivity contribution in [1.29, 1.82) is 0 Å². The molecule has 3 rings (SSSR count). The maximum Gasteiger partial charge on any atom is 0.191 e. The molecule has 0 amide bonds. The Labute approximate surface area is 189 Å². The number of aromatic nitrogens is 1. The van der Waals surface area contributed by atoms with Crippen molar-refractivity contribution in [3.05, 3.63) is 60.3 Å². The third-order valence-corrected chi connectivity index (χ3v) is 4.54. The molecule has 0 bridgehead atoms. The number of aryl methyl sites for hydroxylation is 1. The molecule has 3 aromatic rings. The van der Waals surface area contributed by atoms with Gasteiger partial charge in [-0.2, -0.15) is 0 Å². The Hall–Kier alpha value is -2.42. The first-order valence-electron chi connectivity index (χ1n) is 9.56. The number of hydrogen-bond donors (Lipinski definition) is 3. The van der Waals surface area contributed by atoms with E-state index in [2.05, 4.69) is 51.1 Å². The van der Waals surface area contributed by atoms with Gasteiger partial charge < -0.3 is 25.1 Å². The van der Waals surface area contributed by atoms with Gasteiger partial charge in [-0.05, 0) is 48.7 Å². The summed E-state index contributed by atoms with van der Waals surface area (Å²) < 4.78 is 10.9. The number of benzene rings is 2. The Balaban J connectivity index is 0.00000300. The Morgan fingerprint density at radius 1 is 1.00 bits per heavy atom. The number of aliphatic imine (C=N–C) groups is 1. The lowest BCUT2D eigenvalue weighted by Gasteiger charge is -2.12. The molecule has 0 atom stereocenters. The van der Waals surface area contributed by atoms with Gasteiger partial charge in [0.25, 0.3) is 0 Å². The lowest BCUT2D eigenvalue weighted by atomic mass is 10.1. The fourth-order valence-electron chi connectivity index (χ4n) is 3.05. The number of fused-ring (bicyclic) bond motifs is 1. The number of halogens is 1. The molecule has 0 spiro atoms. The lowest BCUT2D eigenvalue weighted by molar-refractivity contribution is 0.321. The van der Waals surface area contributed by atoms with Gasteiger partial charge in [0.1, 0.15) is 18.1 Å². The normalized spacial score (nSPS) is 11.0. The average molecular weight is 508 g/mol. The third kappa shape index (κ3) is 6.85. The van der Waals surface area contributed by atoms with Crippen LogP contribution < -0.4 is 20.1 Å². The highest BCUT2D eigenvalue weighted by atomic mass is 127. The fourth-order valence-corrected chi connectivity index (χ4v) is 3.05. The van der Waals surface area contributed by atoms with Gasteiger partial charge >= 0.3 is 0 Å². The fraction of sp³-hybridized carbons (Fsp3) is 0.318. The van der Waals surface area contributed by atoms with E-state index in [9.17, 15) is 0 Å². The van der Waals surface area contributed by atoms with E-state index in [1.807, 2.05) is 24.3 Å². The van der Waals surface area contributed by atoms with E-state index < -0.39 is 0 Å². The second-order valence-corrected chi connectivity index (χ2v) is 6.41. The third-order valence-electron chi connectivity index (χ3n) is 4.54. The molecule has 0 aliphatic carbocycles. The van der Waals surface area contributed by atoms with Crippen LogP contribution in [-0.2, 0) is 6.42 Å². The van der Waals surface area contributed by atoms with Crippen LogP contribution in [0.1, 0.15) is 12.0 Å². The number of aromatic amines is 1. The van der Waals surface area contributed by atoms with Gasteiger partial charge in [-0.15, -0.1) is 24.0 Å². The molecule has 0 unspecified atom stereocenters. The van der Waals surface area contributed by atoms with Crippen LogP contribution in [0.3, 0.4) is 0 Å². The largest absolute Gasteiger partial charge is 0.497 e. The van der Waals surface area contributed by atoms with E-state index in [-0.39, 0.29) is 24.0 Å². The quantitative estimate of drug-likeness (QED) is 0.177. The van der Waals surface area contributed by atoms with Crippen molar-refractivity contribution in [2.45, 2.75) is 12.8 Å². The van der Waals surface area contributed by atoms with Crippen LogP contribution in [-0.4, -0.2) is 44.8 Å². The molecule has 2 aromatic carbocycles. The molecule has 1 heterocycles. The summed E-state index contributed by atoms with van der Waals surface area (Å²) in [4.78, 5) is 7.58. The van der Waals surface area contributed by atoms with Crippen LogP contribution in [0.2, 0.25) is 0 Å². The highest BCUT2D eigenvalue weighted by Crippen LogP contribution is 2.19. The zero-order valence-electron chi connectivity index (χ0n) is 16.9. The van der Waals surface area contributed by atoms with Gasteiger partial charge in [0, 0.05) is 30.7 Å². The predicted octanol–water partition coefficient (Wildman–Crippen LogP) is 3.97. The average Bonchev–Trinajstić information content (AvgIpc) is 3.16. The molecule has 0 saturated heterocycles. The van der Waals surface area contributed by atoms with Gasteiger partial charge in [-0.25, -0.2) is 0 Å². The number of nitrogens with one attached hydrogen (secondary N) is 3. The molecule has 156 valence electrons. The molecule has 0 aliphatic rings. The smallest absolute Gasteiger partial charge is 0.191 e.